The molecule has 0 spiro atoms. The van der Waals surface area contributed by atoms with Crippen LogP contribution in [0.15, 0.2) is 48.5 Å². The molecule has 0 heterocycles. The van der Waals surface area contributed by atoms with Crippen molar-refractivity contribution in [3.63, 3.8) is 0 Å². The number of Topliss-reactive ketones (excluding diaryl/α,β-unsaturated/α-hetero) is 1. The predicted molar refractivity (Wildman–Crippen MR) is 80.2 cm³/mol. The van der Waals surface area contributed by atoms with Crippen molar-refractivity contribution in [2.75, 3.05) is 20.5 Å². The minimum absolute atomic E-state index is 0.0744. The summed E-state index contributed by atoms with van der Waals surface area (Å²) in [5.41, 5.74) is 0.462. The minimum Gasteiger partial charge on any atom is -0.485 e. The Kier molecular flexibility index (Phi) is 5.60. The highest BCUT2D eigenvalue weighted by Gasteiger charge is 2.12. The van der Waals surface area contributed by atoms with Gasteiger partial charge in [0.1, 0.15) is 11.5 Å². The van der Waals surface area contributed by atoms with Crippen molar-refractivity contribution in [3.8, 4) is 11.5 Å². The molecular formula is C16H15ClO4. The molecule has 2 aromatic rings. The summed E-state index contributed by atoms with van der Waals surface area (Å²) in [5.74, 6) is 0.892. The number of carbonyl (C=O) groups excluding carboxylic acids is 1. The predicted octanol–water partition coefficient (Wildman–Crippen LogP) is 3.58. The van der Waals surface area contributed by atoms with Gasteiger partial charge in [-0.15, -0.1) is 0 Å². The van der Waals surface area contributed by atoms with Crippen LogP contribution in [-0.4, -0.2) is 26.3 Å². The number of benzene rings is 2. The van der Waals surface area contributed by atoms with Crippen LogP contribution < -0.4 is 9.47 Å². The molecule has 0 amide bonds. The molecule has 0 N–H and O–H groups in total. The molecule has 21 heavy (non-hydrogen) atoms. The number of para-hydroxylation sites is 1. The number of rotatable bonds is 7. The first-order chi connectivity index (χ1) is 10.2. The quantitative estimate of drug-likeness (QED) is 0.579. The molecule has 4 nitrogen and oxygen atoms in total. The third-order valence-corrected chi connectivity index (χ3v) is 2.96. The Hall–Kier alpha value is -2.04. The fraction of sp³-hybridized carbons (Fsp3) is 0.188. The van der Waals surface area contributed by atoms with E-state index in [9.17, 15) is 4.79 Å². The third kappa shape index (κ3) is 4.48. The first-order valence-corrected chi connectivity index (χ1v) is 6.71. The van der Waals surface area contributed by atoms with Crippen molar-refractivity contribution in [1.82, 2.24) is 0 Å². The lowest BCUT2D eigenvalue weighted by Gasteiger charge is -2.10. The summed E-state index contributed by atoms with van der Waals surface area (Å²) in [5, 5.41) is 0.618. The summed E-state index contributed by atoms with van der Waals surface area (Å²) in [7, 11) is 1.52. The van der Waals surface area contributed by atoms with Gasteiger partial charge in [0.25, 0.3) is 0 Å². The molecule has 0 aliphatic rings. The zero-order valence-electron chi connectivity index (χ0n) is 11.5. The van der Waals surface area contributed by atoms with E-state index < -0.39 is 0 Å². The summed E-state index contributed by atoms with van der Waals surface area (Å²) in [6.07, 6.45) is 0. The normalized spacial score (nSPS) is 10.2. The van der Waals surface area contributed by atoms with E-state index >= 15 is 0 Å². The number of ketones is 1. The molecule has 0 radical (unpaired) electrons. The van der Waals surface area contributed by atoms with Crippen LogP contribution in [0, 0.1) is 0 Å². The summed E-state index contributed by atoms with van der Waals surface area (Å²) >= 11 is 5.79. The number of ether oxygens (including phenoxy) is 3. The fourth-order valence-corrected chi connectivity index (χ4v) is 1.83. The highest BCUT2D eigenvalue weighted by Crippen LogP contribution is 2.20. The van der Waals surface area contributed by atoms with Crippen LogP contribution >= 0.6 is 11.6 Å². The van der Waals surface area contributed by atoms with Crippen LogP contribution in [0.3, 0.4) is 0 Å². The second-order valence-electron chi connectivity index (χ2n) is 4.21. The summed E-state index contributed by atoms with van der Waals surface area (Å²) in [6.45, 7) is 0.0112. The number of carbonyl (C=O) groups is 1. The van der Waals surface area contributed by atoms with Crippen LogP contribution in [0.5, 0.6) is 11.5 Å². The molecule has 0 fully saturated rings. The van der Waals surface area contributed by atoms with E-state index in [-0.39, 0.29) is 19.2 Å². The maximum absolute atomic E-state index is 12.2. The molecule has 0 bridgehead atoms. The Morgan fingerprint density at radius 1 is 1.05 bits per heavy atom. The van der Waals surface area contributed by atoms with Crippen molar-refractivity contribution in [2.24, 2.45) is 0 Å². The summed E-state index contributed by atoms with van der Waals surface area (Å²) in [6, 6.07) is 13.8. The monoisotopic (exact) mass is 306 g/mol. The van der Waals surface area contributed by atoms with Crippen molar-refractivity contribution in [2.45, 2.75) is 0 Å². The smallest absolute Gasteiger partial charge is 0.203 e. The zero-order chi connectivity index (χ0) is 15.1. The largest absolute Gasteiger partial charge is 0.485 e. The van der Waals surface area contributed by atoms with Crippen LogP contribution in [0.2, 0.25) is 5.02 Å². The zero-order valence-corrected chi connectivity index (χ0v) is 12.3. The lowest BCUT2D eigenvalue weighted by Crippen LogP contribution is -2.13. The molecule has 5 heteroatoms. The fourth-order valence-electron chi connectivity index (χ4n) is 1.70. The number of hydrogen-bond acceptors (Lipinski definition) is 4. The summed E-state index contributed by atoms with van der Waals surface area (Å²) in [4.78, 5) is 12.2. The molecular weight excluding hydrogens is 292 g/mol. The second kappa shape index (κ2) is 7.67. The molecule has 0 saturated heterocycles. The van der Waals surface area contributed by atoms with Crippen LogP contribution in [0.1, 0.15) is 10.4 Å². The van der Waals surface area contributed by atoms with Crippen LogP contribution in [0.25, 0.3) is 0 Å². The molecule has 2 rings (SSSR count). The van der Waals surface area contributed by atoms with E-state index in [0.717, 1.165) is 0 Å². The number of methoxy groups -OCH3 is 1. The topological polar surface area (TPSA) is 44.8 Å². The first-order valence-electron chi connectivity index (χ1n) is 6.33. The van der Waals surface area contributed by atoms with Crippen molar-refractivity contribution >= 4 is 17.4 Å². The van der Waals surface area contributed by atoms with Gasteiger partial charge >= 0.3 is 0 Å². The Balaban J connectivity index is 2.01. The van der Waals surface area contributed by atoms with Gasteiger partial charge in [-0.3, -0.25) is 4.79 Å². The number of hydrogen-bond donors (Lipinski definition) is 0. The molecule has 0 atom stereocenters. The average molecular weight is 307 g/mol. The molecule has 0 saturated carbocycles. The SMILES string of the molecule is COCOc1ccccc1C(=O)COc1ccc(Cl)cc1. The highest BCUT2D eigenvalue weighted by molar-refractivity contribution is 6.30. The first kappa shape index (κ1) is 15.4. The maximum Gasteiger partial charge on any atom is 0.203 e. The Bertz CT molecular complexity index is 595. The van der Waals surface area contributed by atoms with E-state index in [4.69, 9.17) is 25.8 Å². The molecule has 0 unspecified atom stereocenters. The van der Waals surface area contributed by atoms with Crippen molar-refractivity contribution in [1.29, 1.82) is 0 Å². The molecule has 110 valence electrons. The standard InChI is InChI=1S/C16H15ClO4/c1-19-11-21-16-5-3-2-4-14(16)15(18)10-20-13-8-6-12(17)7-9-13/h2-9H,10-11H2,1H3. The second-order valence-corrected chi connectivity index (χ2v) is 4.65. The third-order valence-electron chi connectivity index (χ3n) is 2.70. The van der Waals surface area contributed by atoms with Gasteiger partial charge in [-0.05, 0) is 36.4 Å². The van der Waals surface area contributed by atoms with Crippen LogP contribution in [-0.2, 0) is 4.74 Å². The van der Waals surface area contributed by atoms with Gasteiger partial charge in [0.05, 0.1) is 5.56 Å². The van der Waals surface area contributed by atoms with E-state index in [1.54, 1.807) is 48.5 Å². The lowest BCUT2D eigenvalue weighted by atomic mass is 10.1. The molecule has 0 aliphatic carbocycles. The van der Waals surface area contributed by atoms with Gasteiger partial charge < -0.3 is 14.2 Å². The highest BCUT2D eigenvalue weighted by atomic mass is 35.5. The molecule has 0 aliphatic heterocycles. The van der Waals surface area contributed by atoms with Gasteiger partial charge in [-0.2, -0.15) is 0 Å². The van der Waals surface area contributed by atoms with Gasteiger partial charge in [0.15, 0.2) is 13.4 Å². The summed E-state index contributed by atoms with van der Waals surface area (Å²) < 4.78 is 15.6. The lowest BCUT2D eigenvalue weighted by molar-refractivity contribution is 0.0500. The van der Waals surface area contributed by atoms with Gasteiger partial charge in [-0.25, -0.2) is 0 Å². The van der Waals surface area contributed by atoms with E-state index in [2.05, 4.69) is 0 Å². The van der Waals surface area contributed by atoms with Gasteiger partial charge in [0, 0.05) is 12.1 Å². The molecule has 0 aromatic heterocycles. The van der Waals surface area contributed by atoms with Crippen molar-refractivity contribution in [3.05, 3.63) is 59.1 Å². The van der Waals surface area contributed by atoms with Gasteiger partial charge in [-0.1, -0.05) is 23.7 Å². The number of halogens is 1. The van der Waals surface area contributed by atoms with Crippen molar-refractivity contribution < 1.29 is 19.0 Å². The average Bonchev–Trinajstić information content (AvgIpc) is 2.52. The molecule has 2 aromatic carbocycles. The van der Waals surface area contributed by atoms with Crippen LogP contribution in [0.4, 0.5) is 0 Å². The van der Waals surface area contributed by atoms with E-state index in [1.165, 1.54) is 7.11 Å². The Labute approximate surface area is 128 Å². The van der Waals surface area contributed by atoms with E-state index in [0.29, 0.717) is 22.1 Å². The van der Waals surface area contributed by atoms with Gasteiger partial charge in [0.2, 0.25) is 5.78 Å². The maximum atomic E-state index is 12.2. The minimum atomic E-state index is -0.170. The Morgan fingerprint density at radius 2 is 1.76 bits per heavy atom. The Morgan fingerprint density at radius 3 is 2.48 bits per heavy atom. The van der Waals surface area contributed by atoms with E-state index in [1.807, 2.05) is 0 Å².